The van der Waals surface area contributed by atoms with Gasteiger partial charge in [-0.3, -0.25) is 14.8 Å². The van der Waals surface area contributed by atoms with Crippen molar-refractivity contribution in [1.29, 1.82) is 5.26 Å². The molecule has 0 aliphatic rings. The van der Waals surface area contributed by atoms with Crippen LogP contribution in [0, 0.1) is 11.3 Å². The van der Waals surface area contributed by atoms with E-state index < -0.39 is 0 Å². The zero-order chi connectivity index (χ0) is 17.9. The number of nitrogens with zero attached hydrogens (tertiary/aromatic N) is 4. The molecule has 0 radical (unpaired) electrons. The number of anilines is 1. The van der Waals surface area contributed by atoms with Crippen molar-refractivity contribution in [2.75, 3.05) is 5.32 Å². The fourth-order valence-electron chi connectivity index (χ4n) is 2.87. The molecule has 0 saturated carbocycles. The Balaban J connectivity index is 1.93. The Morgan fingerprint density at radius 3 is 2.46 bits per heavy atom. The summed E-state index contributed by atoms with van der Waals surface area (Å²) < 4.78 is 1.78. The van der Waals surface area contributed by atoms with Gasteiger partial charge < -0.3 is 9.72 Å². The lowest BCUT2D eigenvalue weighted by atomic mass is 10.1. The van der Waals surface area contributed by atoms with Gasteiger partial charge in [0.1, 0.15) is 17.6 Å². The summed E-state index contributed by atoms with van der Waals surface area (Å²) in [5, 5.41) is 12.6. The Labute approximate surface area is 149 Å². The van der Waals surface area contributed by atoms with Gasteiger partial charge in [-0.25, -0.2) is 0 Å². The number of hydrogen-bond donors (Lipinski definition) is 1. The van der Waals surface area contributed by atoms with E-state index in [-0.39, 0.29) is 5.91 Å². The van der Waals surface area contributed by atoms with Crippen LogP contribution in [0.5, 0.6) is 0 Å². The molecular weight excluding hydrogens is 326 g/mol. The number of aromatic nitrogens is 3. The van der Waals surface area contributed by atoms with Crippen LogP contribution in [0.25, 0.3) is 16.8 Å². The molecule has 4 aromatic heterocycles. The molecule has 4 aromatic rings. The molecule has 0 unspecified atom stereocenters. The fourth-order valence-corrected chi connectivity index (χ4v) is 2.87. The minimum Gasteiger partial charge on any atom is -0.306 e. The number of hydrogen-bond acceptors (Lipinski definition) is 4. The van der Waals surface area contributed by atoms with Crippen molar-refractivity contribution in [3.8, 4) is 17.3 Å². The van der Waals surface area contributed by atoms with Crippen LogP contribution >= 0.6 is 0 Å². The van der Waals surface area contributed by atoms with Crippen LogP contribution in [0.15, 0.2) is 73.2 Å². The van der Waals surface area contributed by atoms with Crippen molar-refractivity contribution in [3.63, 3.8) is 0 Å². The number of pyridine rings is 3. The molecule has 4 rings (SSSR count). The summed E-state index contributed by atoms with van der Waals surface area (Å²) in [5.74, 6) is 0.141. The Bertz CT molecular complexity index is 1130. The summed E-state index contributed by atoms with van der Waals surface area (Å²) in [6.07, 6.45) is 5.02. The Morgan fingerprint density at radius 1 is 1.00 bits per heavy atom. The van der Waals surface area contributed by atoms with Crippen LogP contribution in [0.3, 0.4) is 0 Å². The predicted molar refractivity (Wildman–Crippen MR) is 97.5 cm³/mol. The SMILES string of the molecule is N#Cc1c(-c2ccccn2)c(NC(=O)c2ccccn2)n2ccccc12. The molecule has 0 atom stereocenters. The number of amides is 1. The van der Waals surface area contributed by atoms with Crippen LogP contribution in [0.2, 0.25) is 0 Å². The Kier molecular flexibility index (Phi) is 3.88. The van der Waals surface area contributed by atoms with E-state index in [1.807, 2.05) is 30.3 Å². The van der Waals surface area contributed by atoms with Crippen molar-refractivity contribution >= 4 is 17.2 Å². The largest absolute Gasteiger partial charge is 0.306 e. The number of fused-ring (bicyclic) bond motifs is 1. The number of nitrogens with one attached hydrogen (secondary N) is 1. The highest BCUT2D eigenvalue weighted by molar-refractivity contribution is 6.06. The van der Waals surface area contributed by atoms with E-state index in [0.29, 0.717) is 33.8 Å². The van der Waals surface area contributed by atoms with Crippen LogP contribution in [-0.2, 0) is 0 Å². The minimum atomic E-state index is -0.351. The molecule has 0 aliphatic heterocycles. The summed E-state index contributed by atoms with van der Waals surface area (Å²) in [6, 6.07) is 18.4. The van der Waals surface area contributed by atoms with Crippen molar-refractivity contribution in [1.82, 2.24) is 14.4 Å². The summed E-state index contributed by atoms with van der Waals surface area (Å²) in [5.41, 5.74) is 2.66. The molecule has 6 nitrogen and oxygen atoms in total. The highest BCUT2D eigenvalue weighted by atomic mass is 16.1. The first-order chi connectivity index (χ1) is 12.8. The van der Waals surface area contributed by atoms with Crippen molar-refractivity contribution < 1.29 is 4.79 Å². The molecular formula is C20H13N5O. The van der Waals surface area contributed by atoms with Gasteiger partial charge in [-0.1, -0.05) is 18.2 Å². The molecule has 26 heavy (non-hydrogen) atoms. The van der Waals surface area contributed by atoms with Gasteiger partial charge in [0.25, 0.3) is 5.91 Å². The van der Waals surface area contributed by atoms with Gasteiger partial charge in [0, 0.05) is 18.6 Å². The van der Waals surface area contributed by atoms with Gasteiger partial charge in [0.15, 0.2) is 0 Å². The molecule has 0 bridgehead atoms. The molecule has 0 saturated heterocycles. The minimum absolute atomic E-state index is 0.295. The summed E-state index contributed by atoms with van der Waals surface area (Å²) in [6.45, 7) is 0. The van der Waals surface area contributed by atoms with Crippen LogP contribution in [0.1, 0.15) is 16.1 Å². The van der Waals surface area contributed by atoms with E-state index in [9.17, 15) is 10.1 Å². The first-order valence-corrected chi connectivity index (χ1v) is 7.96. The number of carbonyl (C=O) groups is 1. The predicted octanol–water partition coefficient (Wildman–Crippen LogP) is 3.52. The van der Waals surface area contributed by atoms with Crippen molar-refractivity contribution in [3.05, 3.63) is 84.4 Å². The van der Waals surface area contributed by atoms with E-state index in [4.69, 9.17) is 0 Å². The molecule has 1 amide bonds. The number of carbonyl (C=O) groups excluding carboxylic acids is 1. The van der Waals surface area contributed by atoms with E-state index in [1.165, 1.54) is 0 Å². The van der Waals surface area contributed by atoms with Gasteiger partial charge in [-0.05, 0) is 36.4 Å². The zero-order valence-corrected chi connectivity index (χ0v) is 13.6. The Hall–Kier alpha value is -3.98. The zero-order valence-electron chi connectivity index (χ0n) is 13.6. The average molecular weight is 339 g/mol. The van der Waals surface area contributed by atoms with Crippen LogP contribution in [0.4, 0.5) is 5.82 Å². The molecule has 0 aromatic carbocycles. The molecule has 0 spiro atoms. The molecule has 0 aliphatic carbocycles. The van der Waals surface area contributed by atoms with E-state index in [1.54, 1.807) is 47.3 Å². The molecule has 1 N–H and O–H groups in total. The van der Waals surface area contributed by atoms with E-state index >= 15 is 0 Å². The first kappa shape index (κ1) is 15.5. The summed E-state index contributed by atoms with van der Waals surface area (Å²) >= 11 is 0. The van der Waals surface area contributed by atoms with Gasteiger partial charge in [0.05, 0.1) is 22.3 Å². The van der Waals surface area contributed by atoms with Gasteiger partial charge in [0.2, 0.25) is 0 Å². The molecule has 0 fully saturated rings. The fraction of sp³-hybridized carbons (Fsp3) is 0. The maximum atomic E-state index is 12.6. The molecule has 6 heteroatoms. The van der Waals surface area contributed by atoms with Crippen LogP contribution in [-0.4, -0.2) is 20.3 Å². The maximum Gasteiger partial charge on any atom is 0.275 e. The lowest BCUT2D eigenvalue weighted by Crippen LogP contribution is -2.15. The lowest BCUT2D eigenvalue weighted by Gasteiger charge is -2.08. The van der Waals surface area contributed by atoms with E-state index in [2.05, 4.69) is 21.4 Å². The normalized spacial score (nSPS) is 10.4. The van der Waals surface area contributed by atoms with Crippen LogP contribution < -0.4 is 5.32 Å². The topological polar surface area (TPSA) is 83.1 Å². The average Bonchev–Trinajstić information content (AvgIpc) is 3.03. The highest BCUT2D eigenvalue weighted by Crippen LogP contribution is 2.35. The van der Waals surface area contributed by atoms with Gasteiger partial charge in [-0.2, -0.15) is 5.26 Å². The quantitative estimate of drug-likeness (QED) is 0.619. The molecule has 4 heterocycles. The second-order valence-corrected chi connectivity index (χ2v) is 5.55. The number of nitriles is 1. The summed E-state index contributed by atoms with van der Waals surface area (Å²) in [7, 11) is 0. The monoisotopic (exact) mass is 339 g/mol. The van der Waals surface area contributed by atoms with Gasteiger partial charge in [-0.15, -0.1) is 0 Å². The van der Waals surface area contributed by atoms with Crippen molar-refractivity contribution in [2.45, 2.75) is 0 Å². The lowest BCUT2D eigenvalue weighted by molar-refractivity contribution is 0.102. The number of rotatable bonds is 3. The second-order valence-electron chi connectivity index (χ2n) is 5.55. The third-order valence-corrected chi connectivity index (χ3v) is 4.01. The maximum absolute atomic E-state index is 12.6. The second kappa shape index (κ2) is 6.49. The van der Waals surface area contributed by atoms with E-state index in [0.717, 1.165) is 0 Å². The third kappa shape index (κ3) is 2.58. The standard InChI is InChI=1S/C20H13N5O/c21-13-14-17-9-3-6-12-25(17)19(18(14)15-7-1-4-10-22-15)24-20(26)16-8-2-5-11-23-16/h1-12H,(H,24,26). The van der Waals surface area contributed by atoms with Crippen molar-refractivity contribution in [2.24, 2.45) is 0 Å². The molecule has 124 valence electrons. The summed E-state index contributed by atoms with van der Waals surface area (Å²) in [4.78, 5) is 21.1. The first-order valence-electron chi connectivity index (χ1n) is 7.96. The smallest absolute Gasteiger partial charge is 0.275 e. The van der Waals surface area contributed by atoms with Gasteiger partial charge >= 0.3 is 0 Å². The highest BCUT2D eigenvalue weighted by Gasteiger charge is 2.22. The Morgan fingerprint density at radius 2 is 1.77 bits per heavy atom. The third-order valence-electron chi connectivity index (χ3n) is 4.01.